The summed E-state index contributed by atoms with van der Waals surface area (Å²) in [5, 5.41) is 9.58. The van der Waals surface area contributed by atoms with E-state index < -0.39 is 6.03 Å². The van der Waals surface area contributed by atoms with Crippen LogP contribution in [0.1, 0.15) is 16.9 Å². The van der Waals surface area contributed by atoms with Gasteiger partial charge in [0.15, 0.2) is 6.29 Å². The number of hydrogen-bond donors (Lipinski definition) is 2. The van der Waals surface area contributed by atoms with Gasteiger partial charge in [0.05, 0.1) is 5.69 Å². The Morgan fingerprint density at radius 3 is 2.89 bits per heavy atom. The molecule has 1 aliphatic heterocycles. The number of amides is 3. The SMILES string of the molecule is O=Cc1[nH]nc2c(N3CCC(=O)NC3=O)cccc12. The highest BCUT2D eigenvalue weighted by Crippen LogP contribution is 2.27. The Balaban J connectivity index is 2.10. The third kappa shape index (κ3) is 1.75. The maximum atomic E-state index is 11.8. The maximum Gasteiger partial charge on any atom is 0.328 e. The molecule has 0 spiro atoms. The third-order valence-corrected chi connectivity index (χ3v) is 3.06. The predicted molar refractivity (Wildman–Crippen MR) is 67.0 cm³/mol. The van der Waals surface area contributed by atoms with Crippen LogP contribution in [0.15, 0.2) is 18.2 Å². The molecular formula is C12H10N4O3. The van der Waals surface area contributed by atoms with E-state index in [9.17, 15) is 14.4 Å². The molecule has 0 atom stereocenters. The highest BCUT2D eigenvalue weighted by molar-refractivity contribution is 6.10. The highest BCUT2D eigenvalue weighted by atomic mass is 16.2. The van der Waals surface area contributed by atoms with Gasteiger partial charge in [0.1, 0.15) is 11.2 Å². The number of carbonyl (C=O) groups excluding carboxylic acids is 3. The number of urea groups is 1. The minimum Gasteiger partial charge on any atom is -0.296 e. The van der Waals surface area contributed by atoms with Gasteiger partial charge in [-0.15, -0.1) is 0 Å². The quantitative estimate of drug-likeness (QED) is 0.779. The van der Waals surface area contributed by atoms with Gasteiger partial charge in [-0.05, 0) is 6.07 Å². The Bertz CT molecular complexity index is 691. The third-order valence-electron chi connectivity index (χ3n) is 3.06. The van der Waals surface area contributed by atoms with Crippen molar-refractivity contribution in [1.29, 1.82) is 0 Å². The Hall–Kier alpha value is -2.70. The summed E-state index contributed by atoms with van der Waals surface area (Å²) in [6, 6.07) is 4.75. The van der Waals surface area contributed by atoms with Gasteiger partial charge in [-0.1, -0.05) is 12.1 Å². The van der Waals surface area contributed by atoms with Crippen LogP contribution < -0.4 is 10.2 Å². The molecule has 3 amide bonds. The van der Waals surface area contributed by atoms with E-state index in [4.69, 9.17) is 0 Å². The van der Waals surface area contributed by atoms with Crippen LogP contribution in [-0.2, 0) is 4.79 Å². The number of aromatic nitrogens is 2. The number of H-pyrrole nitrogens is 1. The first kappa shape index (κ1) is 11.4. The summed E-state index contributed by atoms with van der Waals surface area (Å²) in [6.45, 7) is 0.299. The molecule has 7 heteroatoms. The molecule has 1 aromatic heterocycles. The average molecular weight is 258 g/mol. The number of para-hydroxylation sites is 1. The van der Waals surface area contributed by atoms with Crippen molar-refractivity contribution >= 4 is 34.8 Å². The van der Waals surface area contributed by atoms with Gasteiger partial charge in [0, 0.05) is 18.4 Å². The van der Waals surface area contributed by atoms with Crippen molar-refractivity contribution in [3.63, 3.8) is 0 Å². The number of hydrogen-bond acceptors (Lipinski definition) is 4. The van der Waals surface area contributed by atoms with Crippen molar-refractivity contribution in [2.24, 2.45) is 0 Å². The van der Waals surface area contributed by atoms with Gasteiger partial charge in [0.2, 0.25) is 5.91 Å². The highest BCUT2D eigenvalue weighted by Gasteiger charge is 2.26. The Kier molecular flexibility index (Phi) is 2.52. The molecule has 7 nitrogen and oxygen atoms in total. The zero-order valence-electron chi connectivity index (χ0n) is 9.84. The molecule has 0 bridgehead atoms. The molecule has 1 fully saturated rings. The van der Waals surface area contributed by atoms with Gasteiger partial charge in [0.25, 0.3) is 0 Å². The summed E-state index contributed by atoms with van der Waals surface area (Å²) in [6.07, 6.45) is 0.923. The smallest absolute Gasteiger partial charge is 0.296 e. The molecule has 1 aromatic carbocycles. The van der Waals surface area contributed by atoms with Gasteiger partial charge in [-0.25, -0.2) is 4.79 Å². The lowest BCUT2D eigenvalue weighted by Crippen LogP contribution is -2.49. The van der Waals surface area contributed by atoms with Gasteiger partial charge in [-0.2, -0.15) is 5.10 Å². The van der Waals surface area contributed by atoms with Crippen LogP contribution in [0.5, 0.6) is 0 Å². The van der Waals surface area contributed by atoms with Crippen molar-refractivity contribution in [2.75, 3.05) is 11.4 Å². The van der Waals surface area contributed by atoms with Crippen LogP contribution in [0.3, 0.4) is 0 Å². The number of aromatic amines is 1. The number of nitrogens with one attached hydrogen (secondary N) is 2. The molecule has 0 unspecified atom stereocenters. The molecular weight excluding hydrogens is 248 g/mol. The van der Waals surface area contributed by atoms with E-state index >= 15 is 0 Å². The van der Waals surface area contributed by atoms with Crippen molar-refractivity contribution in [2.45, 2.75) is 6.42 Å². The van der Waals surface area contributed by atoms with Gasteiger partial charge < -0.3 is 0 Å². The fourth-order valence-electron chi connectivity index (χ4n) is 2.14. The number of carbonyl (C=O) groups is 3. The first-order valence-electron chi connectivity index (χ1n) is 5.74. The topological polar surface area (TPSA) is 95.2 Å². The predicted octanol–water partition coefficient (Wildman–Crippen LogP) is 0.822. The zero-order chi connectivity index (χ0) is 13.4. The normalized spacial score (nSPS) is 15.7. The molecule has 0 radical (unpaired) electrons. The molecule has 2 heterocycles. The van der Waals surface area contributed by atoms with Gasteiger partial charge in [-0.3, -0.25) is 24.9 Å². The number of nitrogens with zero attached hydrogens (tertiary/aromatic N) is 2. The van der Waals surface area contributed by atoms with Crippen LogP contribution in [0.25, 0.3) is 10.9 Å². The molecule has 19 heavy (non-hydrogen) atoms. The van der Waals surface area contributed by atoms with Crippen LogP contribution in [-0.4, -0.2) is 35.0 Å². The summed E-state index contributed by atoms with van der Waals surface area (Å²) < 4.78 is 0. The molecule has 2 aromatic rings. The van der Waals surface area contributed by atoms with E-state index in [-0.39, 0.29) is 12.3 Å². The van der Waals surface area contributed by atoms with Crippen molar-refractivity contribution in [3.05, 3.63) is 23.9 Å². The van der Waals surface area contributed by atoms with Crippen molar-refractivity contribution in [1.82, 2.24) is 15.5 Å². The minimum absolute atomic E-state index is 0.243. The lowest BCUT2D eigenvalue weighted by atomic mass is 10.1. The number of aldehydes is 1. The number of fused-ring (bicyclic) bond motifs is 1. The monoisotopic (exact) mass is 258 g/mol. The van der Waals surface area contributed by atoms with E-state index in [1.807, 2.05) is 0 Å². The Morgan fingerprint density at radius 1 is 1.32 bits per heavy atom. The molecule has 2 N–H and O–H groups in total. The molecule has 0 saturated carbocycles. The lowest BCUT2D eigenvalue weighted by molar-refractivity contribution is -0.120. The second kappa shape index (κ2) is 4.20. The Labute approximate surface area is 107 Å². The number of imide groups is 1. The Morgan fingerprint density at radius 2 is 2.16 bits per heavy atom. The second-order valence-electron chi connectivity index (χ2n) is 4.18. The van der Waals surface area contributed by atoms with E-state index in [0.29, 0.717) is 35.1 Å². The van der Waals surface area contributed by atoms with E-state index in [2.05, 4.69) is 15.5 Å². The molecule has 1 aliphatic rings. The molecule has 3 rings (SSSR count). The van der Waals surface area contributed by atoms with Crippen LogP contribution in [0.4, 0.5) is 10.5 Å². The van der Waals surface area contributed by atoms with Crippen molar-refractivity contribution in [3.8, 4) is 0 Å². The summed E-state index contributed by atoms with van der Waals surface area (Å²) in [4.78, 5) is 35.3. The van der Waals surface area contributed by atoms with E-state index in [0.717, 1.165) is 0 Å². The largest absolute Gasteiger partial charge is 0.328 e. The summed E-state index contributed by atoms with van der Waals surface area (Å²) in [5.41, 5.74) is 1.48. The summed E-state index contributed by atoms with van der Waals surface area (Å²) in [5.74, 6) is -0.288. The zero-order valence-corrected chi connectivity index (χ0v) is 9.84. The minimum atomic E-state index is -0.473. The lowest BCUT2D eigenvalue weighted by Gasteiger charge is -2.26. The standard InChI is InChI=1S/C12H10N4O3/c17-6-8-7-2-1-3-9(11(7)15-14-8)16-5-4-10(18)13-12(16)19/h1-3,6H,4-5H2,(H,14,15)(H,13,18,19). The molecule has 1 saturated heterocycles. The summed E-state index contributed by atoms with van der Waals surface area (Å²) >= 11 is 0. The number of anilines is 1. The first-order valence-corrected chi connectivity index (χ1v) is 5.74. The summed E-state index contributed by atoms with van der Waals surface area (Å²) in [7, 11) is 0. The second-order valence-corrected chi connectivity index (χ2v) is 4.18. The van der Waals surface area contributed by atoms with Gasteiger partial charge >= 0.3 is 6.03 Å². The van der Waals surface area contributed by atoms with E-state index in [1.54, 1.807) is 18.2 Å². The van der Waals surface area contributed by atoms with E-state index in [1.165, 1.54) is 4.90 Å². The van der Waals surface area contributed by atoms with Crippen LogP contribution in [0, 0.1) is 0 Å². The molecule has 0 aliphatic carbocycles. The number of benzene rings is 1. The first-order chi connectivity index (χ1) is 9.20. The van der Waals surface area contributed by atoms with Crippen LogP contribution >= 0.6 is 0 Å². The average Bonchev–Trinajstić information content (AvgIpc) is 2.82. The van der Waals surface area contributed by atoms with Crippen molar-refractivity contribution < 1.29 is 14.4 Å². The fourth-order valence-corrected chi connectivity index (χ4v) is 2.14. The molecule has 96 valence electrons. The maximum absolute atomic E-state index is 11.8. The fraction of sp³-hybridized carbons (Fsp3) is 0.167. The van der Waals surface area contributed by atoms with Crippen LogP contribution in [0.2, 0.25) is 0 Å². The number of rotatable bonds is 2.